The third-order valence-electron chi connectivity index (χ3n) is 5.07. The highest BCUT2D eigenvalue weighted by Gasteiger charge is 2.28. The van der Waals surface area contributed by atoms with Crippen molar-refractivity contribution in [2.75, 3.05) is 33.9 Å². The van der Waals surface area contributed by atoms with Gasteiger partial charge in [0.25, 0.3) is 0 Å². The third-order valence-corrected chi connectivity index (χ3v) is 6.85. The van der Waals surface area contributed by atoms with Crippen LogP contribution in [0.25, 0.3) is 0 Å². The van der Waals surface area contributed by atoms with Crippen LogP contribution >= 0.6 is 0 Å². The zero-order valence-corrected chi connectivity index (χ0v) is 18.6. The van der Waals surface area contributed by atoms with Gasteiger partial charge in [0.05, 0.1) is 31.8 Å². The lowest BCUT2D eigenvalue weighted by atomic mass is 10.2. The molecule has 1 aliphatic heterocycles. The molecule has 0 saturated carbocycles. The number of sulfonamides is 1. The summed E-state index contributed by atoms with van der Waals surface area (Å²) in [5.74, 6) is 0.340. The average molecular weight is 449 g/mol. The van der Waals surface area contributed by atoms with E-state index in [0.717, 1.165) is 22.7 Å². The number of rotatable bonds is 10. The molecule has 0 bridgehead atoms. The summed E-state index contributed by atoms with van der Waals surface area (Å²) in [4.78, 5) is 12.6. The van der Waals surface area contributed by atoms with E-state index < -0.39 is 10.0 Å². The van der Waals surface area contributed by atoms with E-state index in [2.05, 4.69) is 5.32 Å². The number of hydrogen-bond donors (Lipinski definition) is 1. The molecule has 2 aromatic carbocycles. The molecule has 1 aliphatic rings. The second kappa shape index (κ2) is 10.6. The molecular weight excluding hydrogens is 420 g/mol. The van der Waals surface area contributed by atoms with Gasteiger partial charge in [0.1, 0.15) is 0 Å². The fourth-order valence-electron chi connectivity index (χ4n) is 3.39. The third kappa shape index (κ3) is 5.96. The second-order valence-electron chi connectivity index (χ2n) is 7.21. The molecule has 2 aromatic rings. The number of benzene rings is 2. The van der Waals surface area contributed by atoms with Gasteiger partial charge < -0.3 is 19.5 Å². The van der Waals surface area contributed by atoms with Crippen molar-refractivity contribution < 1.29 is 27.4 Å². The van der Waals surface area contributed by atoms with Crippen molar-refractivity contribution in [3.05, 3.63) is 54.1 Å². The minimum atomic E-state index is -3.98. The van der Waals surface area contributed by atoms with Gasteiger partial charge in [-0.05, 0) is 30.5 Å². The molecule has 1 fully saturated rings. The van der Waals surface area contributed by atoms with Crippen LogP contribution in [0.4, 0.5) is 0 Å². The number of carbonyl (C=O) groups excluding carboxylic acids is 1. The number of carbonyl (C=O) groups is 1. The summed E-state index contributed by atoms with van der Waals surface area (Å²) in [6.07, 6.45) is 1.83. The van der Waals surface area contributed by atoms with Crippen molar-refractivity contribution in [1.82, 2.24) is 9.62 Å². The van der Waals surface area contributed by atoms with Gasteiger partial charge in [-0.2, -0.15) is 4.31 Å². The maximum atomic E-state index is 13.4. The van der Waals surface area contributed by atoms with Gasteiger partial charge in [0.2, 0.25) is 15.9 Å². The van der Waals surface area contributed by atoms with Crippen molar-refractivity contribution >= 4 is 15.9 Å². The molecule has 9 heteroatoms. The zero-order valence-electron chi connectivity index (χ0n) is 17.7. The first-order chi connectivity index (χ1) is 14.9. The Balaban J connectivity index is 1.82. The number of hydrogen-bond acceptors (Lipinski definition) is 6. The van der Waals surface area contributed by atoms with Gasteiger partial charge in [0, 0.05) is 25.8 Å². The van der Waals surface area contributed by atoms with Crippen molar-refractivity contribution in [2.45, 2.75) is 30.4 Å². The van der Waals surface area contributed by atoms with Crippen LogP contribution in [0.1, 0.15) is 18.4 Å². The second-order valence-corrected chi connectivity index (χ2v) is 9.15. The molecule has 1 heterocycles. The molecule has 31 heavy (non-hydrogen) atoms. The van der Waals surface area contributed by atoms with Gasteiger partial charge in [0.15, 0.2) is 11.5 Å². The quantitative estimate of drug-likeness (QED) is 0.599. The number of ether oxygens (including phenoxy) is 3. The van der Waals surface area contributed by atoms with E-state index in [1.54, 1.807) is 0 Å². The molecule has 1 N–H and O–H groups in total. The standard InChI is InChI=1S/C22H28N2O6S/c1-28-20-11-10-19(13-21(20)29-2)31(26,27)24(15-17-7-4-3-5-8-17)16-22(25)23-14-18-9-6-12-30-18/h3-5,7-8,10-11,13,18H,6,9,12,14-16H2,1-2H3,(H,23,25). The van der Waals surface area contributed by atoms with Crippen LogP contribution in [-0.4, -0.2) is 58.7 Å². The van der Waals surface area contributed by atoms with Crippen LogP contribution in [0.5, 0.6) is 11.5 Å². The molecule has 3 rings (SSSR count). The Bertz CT molecular complexity index is 975. The summed E-state index contributed by atoms with van der Waals surface area (Å²) < 4.78 is 44.0. The lowest BCUT2D eigenvalue weighted by Crippen LogP contribution is -2.42. The fourth-order valence-corrected chi connectivity index (χ4v) is 4.79. The van der Waals surface area contributed by atoms with Crippen LogP contribution in [0.15, 0.2) is 53.4 Å². The van der Waals surface area contributed by atoms with E-state index >= 15 is 0 Å². The van der Waals surface area contributed by atoms with E-state index in [-0.39, 0.29) is 30.0 Å². The van der Waals surface area contributed by atoms with E-state index in [0.29, 0.717) is 24.7 Å². The van der Waals surface area contributed by atoms with Crippen LogP contribution in [0.2, 0.25) is 0 Å². The van der Waals surface area contributed by atoms with E-state index in [1.165, 1.54) is 32.4 Å². The van der Waals surface area contributed by atoms with Gasteiger partial charge >= 0.3 is 0 Å². The number of methoxy groups -OCH3 is 2. The van der Waals surface area contributed by atoms with Gasteiger partial charge in [-0.15, -0.1) is 0 Å². The van der Waals surface area contributed by atoms with Crippen LogP contribution in [0, 0.1) is 0 Å². The van der Waals surface area contributed by atoms with Crippen LogP contribution < -0.4 is 14.8 Å². The van der Waals surface area contributed by atoms with Crippen molar-refractivity contribution in [3.8, 4) is 11.5 Å². The highest BCUT2D eigenvalue weighted by molar-refractivity contribution is 7.89. The minimum Gasteiger partial charge on any atom is -0.493 e. The Morgan fingerprint density at radius 3 is 2.52 bits per heavy atom. The van der Waals surface area contributed by atoms with E-state index in [1.807, 2.05) is 30.3 Å². The predicted molar refractivity (Wildman–Crippen MR) is 116 cm³/mol. The molecule has 1 atom stereocenters. The average Bonchev–Trinajstić information content (AvgIpc) is 3.31. The van der Waals surface area contributed by atoms with Crippen molar-refractivity contribution in [1.29, 1.82) is 0 Å². The predicted octanol–water partition coefficient (Wildman–Crippen LogP) is 2.19. The molecule has 1 saturated heterocycles. The summed E-state index contributed by atoms with van der Waals surface area (Å²) in [5.41, 5.74) is 0.776. The zero-order chi connectivity index (χ0) is 22.3. The minimum absolute atomic E-state index is 0.0195. The Morgan fingerprint density at radius 2 is 1.87 bits per heavy atom. The van der Waals surface area contributed by atoms with Gasteiger partial charge in [-0.25, -0.2) is 8.42 Å². The topological polar surface area (TPSA) is 94.2 Å². The van der Waals surface area contributed by atoms with Crippen LogP contribution in [0.3, 0.4) is 0 Å². The van der Waals surface area contributed by atoms with Gasteiger partial charge in [-0.1, -0.05) is 30.3 Å². The molecule has 168 valence electrons. The molecule has 1 amide bonds. The lowest BCUT2D eigenvalue weighted by molar-refractivity contribution is -0.121. The highest BCUT2D eigenvalue weighted by atomic mass is 32.2. The first-order valence-corrected chi connectivity index (χ1v) is 11.5. The fraction of sp³-hybridized carbons (Fsp3) is 0.409. The SMILES string of the molecule is COc1ccc(S(=O)(=O)N(CC(=O)NCC2CCCO2)Cc2ccccc2)cc1OC. The Kier molecular flexibility index (Phi) is 7.89. The molecule has 1 unspecified atom stereocenters. The first-order valence-electron chi connectivity index (χ1n) is 10.1. The Morgan fingerprint density at radius 1 is 1.13 bits per heavy atom. The normalized spacial score (nSPS) is 16.3. The van der Waals surface area contributed by atoms with Crippen molar-refractivity contribution in [3.63, 3.8) is 0 Å². The maximum absolute atomic E-state index is 13.4. The van der Waals surface area contributed by atoms with Crippen molar-refractivity contribution in [2.24, 2.45) is 0 Å². The highest BCUT2D eigenvalue weighted by Crippen LogP contribution is 2.31. The summed E-state index contributed by atoms with van der Waals surface area (Å²) in [5, 5.41) is 2.79. The maximum Gasteiger partial charge on any atom is 0.243 e. The van der Waals surface area contributed by atoms with Crippen LogP contribution in [-0.2, 0) is 26.1 Å². The van der Waals surface area contributed by atoms with Gasteiger partial charge in [-0.3, -0.25) is 4.79 Å². The molecular formula is C22H28N2O6S. The molecule has 0 radical (unpaired) electrons. The molecule has 0 spiro atoms. The summed E-state index contributed by atoms with van der Waals surface area (Å²) in [6, 6.07) is 13.5. The monoisotopic (exact) mass is 448 g/mol. The Hall–Kier alpha value is -2.62. The lowest BCUT2D eigenvalue weighted by Gasteiger charge is -2.23. The molecule has 0 aromatic heterocycles. The smallest absolute Gasteiger partial charge is 0.243 e. The molecule has 0 aliphatic carbocycles. The number of nitrogens with zero attached hydrogens (tertiary/aromatic N) is 1. The summed E-state index contributed by atoms with van der Waals surface area (Å²) in [7, 11) is -1.07. The summed E-state index contributed by atoms with van der Waals surface area (Å²) in [6.45, 7) is 0.811. The summed E-state index contributed by atoms with van der Waals surface area (Å²) >= 11 is 0. The van der Waals surface area contributed by atoms with E-state index in [4.69, 9.17) is 14.2 Å². The number of amides is 1. The Labute approximate surface area is 183 Å². The molecule has 8 nitrogen and oxygen atoms in total. The largest absolute Gasteiger partial charge is 0.493 e. The first kappa shape index (κ1) is 23.1. The number of nitrogens with one attached hydrogen (secondary N) is 1. The van der Waals surface area contributed by atoms with E-state index in [9.17, 15) is 13.2 Å².